The molecule has 0 radical (unpaired) electrons. The maximum atomic E-state index is 13.2. The topological polar surface area (TPSA) is 79.6 Å². The Hall–Kier alpha value is -2.81. The first-order valence-electron chi connectivity index (χ1n) is 10.7. The van der Waals surface area contributed by atoms with Crippen molar-refractivity contribution < 1.29 is 9.72 Å². The Balaban J connectivity index is 0.00000385. The van der Waals surface area contributed by atoms with Crippen LogP contribution in [0.2, 0.25) is 0 Å². The van der Waals surface area contributed by atoms with Gasteiger partial charge in [0.2, 0.25) is 0 Å². The minimum atomic E-state index is -0.440. The van der Waals surface area contributed by atoms with Gasteiger partial charge in [-0.2, -0.15) is 0 Å². The summed E-state index contributed by atoms with van der Waals surface area (Å²) in [4.78, 5) is 32.4. The van der Waals surface area contributed by atoms with E-state index in [0.29, 0.717) is 11.7 Å². The van der Waals surface area contributed by atoms with E-state index in [1.54, 1.807) is 23.1 Å². The summed E-state index contributed by atoms with van der Waals surface area (Å²) in [7, 11) is 0. The normalized spacial score (nSPS) is 11.2. The van der Waals surface area contributed by atoms with E-state index in [0.717, 1.165) is 41.0 Å². The molecule has 0 saturated carbocycles. The second-order valence-corrected chi connectivity index (χ2v) is 8.63. The fraction of sp³-hybridized carbons (Fsp3) is 0.333. The van der Waals surface area contributed by atoms with E-state index in [2.05, 4.69) is 37.8 Å². The highest BCUT2D eigenvalue weighted by Gasteiger charge is 2.19. The van der Waals surface area contributed by atoms with Gasteiger partial charge in [0, 0.05) is 31.3 Å². The maximum absolute atomic E-state index is 13.2. The quantitative estimate of drug-likeness (QED) is 0.221. The average Bonchev–Trinajstić information content (AvgIpc) is 3.19. The third-order valence-corrected chi connectivity index (χ3v) is 6.40. The molecule has 176 valence electrons. The van der Waals surface area contributed by atoms with E-state index in [1.807, 2.05) is 6.92 Å². The molecule has 1 aromatic heterocycles. The van der Waals surface area contributed by atoms with Gasteiger partial charge in [-0.05, 0) is 67.9 Å². The molecule has 0 N–H and O–H groups in total. The summed E-state index contributed by atoms with van der Waals surface area (Å²) >= 11 is 1.52. The number of amides is 1. The molecule has 0 bridgehead atoms. The molecule has 0 aliphatic rings. The molecule has 3 aromatic rings. The number of nitrogens with zero attached hydrogens (tertiary/aromatic N) is 4. The van der Waals surface area contributed by atoms with Crippen molar-refractivity contribution in [2.24, 2.45) is 0 Å². The van der Waals surface area contributed by atoms with E-state index < -0.39 is 4.92 Å². The smallest absolute Gasteiger partial charge is 0.269 e. The van der Waals surface area contributed by atoms with Gasteiger partial charge in [-0.25, -0.2) is 4.98 Å². The van der Waals surface area contributed by atoms with Gasteiger partial charge in [0.25, 0.3) is 11.6 Å². The number of carbonyl (C=O) groups is 1. The number of non-ortho nitro benzene ring substituents is 1. The molecular weight excluding hydrogens is 460 g/mol. The van der Waals surface area contributed by atoms with Crippen molar-refractivity contribution in [1.29, 1.82) is 0 Å². The number of halogens is 1. The number of thiazole rings is 1. The van der Waals surface area contributed by atoms with Crippen LogP contribution in [0.4, 0.5) is 10.8 Å². The lowest BCUT2D eigenvalue weighted by Crippen LogP contribution is -2.38. The fourth-order valence-electron chi connectivity index (χ4n) is 3.52. The van der Waals surface area contributed by atoms with Gasteiger partial charge in [0.15, 0.2) is 5.13 Å². The number of anilines is 1. The zero-order valence-corrected chi connectivity index (χ0v) is 20.9. The number of carbonyl (C=O) groups excluding carboxylic acids is 1. The van der Waals surface area contributed by atoms with E-state index >= 15 is 0 Å². The number of nitro groups is 1. The zero-order chi connectivity index (χ0) is 23.3. The maximum Gasteiger partial charge on any atom is 0.269 e. The molecule has 0 unspecified atom stereocenters. The highest BCUT2D eigenvalue weighted by atomic mass is 35.5. The Morgan fingerprint density at radius 1 is 1.12 bits per heavy atom. The Morgan fingerprint density at radius 2 is 1.79 bits per heavy atom. The molecule has 0 aliphatic carbocycles. The summed E-state index contributed by atoms with van der Waals surface area (Å²) in [6, 6.07) is 10.3. The molecule has 7 nitrogen and oxygen atoms in total. The van der Waals surface area contributed by atoms with Crippen molar-refractivity contribution in [2.45, 2.75) is 27.7 Å². The molecule has 3 rings (SSSR count). The predicted octanol–water partition coefficient (Wildman–Crippen LogP) is 5.63. The van der Waals surface area contributed by atoms with Crippen LogP contribution in [0.1, 0.15) is 30.5 Å². The third-order valence-electron chi connectivity index (χ3n) is 5.37. The van der Waals surface area contributed by atoms with Crippen molar-refractivity contribution in [3.63, 3.8) is 0 Å². The standard InChI is InChI=1S/C24H28N4O3S.ClH/c1-5-26(6-2)13-14-27(24-25-23-18(4)15-17(3)16-21(23)32-24)22(29)12-9-19-7-10-20(11-8-19)28(30)31;/h7-12,15-16H,5-6,13-14H2,1-4H3;1H. The predicted molar refractivity (Wildman–Crippen MR) is 139 cm³/mol. The number of likely N-dealkylation sites (N-methyl/N-ethyl adjacent to an activating group) is 1. The molecule has 1 heterocycles. The van der Waals surface area contributed by atoms with Gasteiger partial charge in [-0.15, -0.1) is 12.4 Å². The van der Waals surface area contributed by atoms with E-state index in [9.17, 15) is 14.9 Å². The summed E-state index contributed by atoms with van der Waals surface area (Å²) in [6.07, 6.45) is 3.19. The first-order valence-corrected chi connectivity index (χ1v) is 11.5. The van der Waals surface area contributed by atoms with Crippen molar-refractivity contribution >= 4 is 56.8 Å². The summed E-state index contributed by atoms with van der Waals surface area (Å²) in [5.74, 6) is -0.163. The highest BCUT2D eigenvalue weighted by Crippen LogP contribution is 2.32. The van der Waals surface area contributed by atoms with Crippen LogP contribution < -0.4 is 4.90 Å². The minimum Gasteiger partial charge on any atom is -0.302 e. The molecule has 0 fully saturated rings. The summed E-state index contributed by atoms with van der Waals surface area (Å²) in [5.41, 5.74) is 3.94. The number of aryl methyl sites for hydroxylation is 2. The third kappa shape index (κ3) is 6.60. The van der Waals surface area contributed by atoms with Gasteiger partial charge in [0.05, 0.1) is 15.1 Å². The minimum absolute atomic E-state index is 0. The molecule has 0 atom stereocenters. The Morgan fingerprint density at radius 3 is 2.39 bits per heavy atom. The molecule has 0 saturated heterocycles. The lowest BCUT2D eigenvalue weighted by Gasteiger charge is -2.23. The number of rotatable bonds is 9. The van der Waals surface area contributed by atoms with Crippen molar-refractivity contribution in [1.82, 2.24) is 9.88 Å². The van der Waals surface area contributed by atoms with Gasteiger partial charge in [-0.1, -0.05) is 31.3 Å². The molecule has 9 heteroatoms. The SMILES string of the molecule is CCN(CC)CCN(C(=O)C=Cc1ccc([N+](=O)[O-])cc1)c1nc2c(C)cc(C)cc2s1.Cl. The molecule has 0 spiro atoms. The van der Waals surface area contributed by atoms with Crippen LogP contribution in [0.25, 0.3) is 16.3 Å². The summed E-state index contributed by atoms with van der Waals surface area (Å²) in [6.45, 7) is 11.4. The van der Waals surface area contributed by atoms with Crippen LogP contribution in [0.5, 0.6) is 0 Å². The van der Waals surface area contributed by atoms with Crippen LogP contribution in [-0.4, -0.2) is 46.9 Å². The molecule has 1 amide bonds. The Bertz CT molecular complexity index is 1140. The number of hydrogen-bond acceptors (Lipinski definition) is 6. The zero-order valence-electron chi connectivity index (χ0n) is 19.3. The first kappa shape index (κ1) is 26.4. The lowest BCUT2D eigenvalue weighted by molar-refractivity contribution is -0.384. The van der Waals surface area contributed by atoms with Gasteiger partial charge >= 0.3 is 0 Å². The monoisotopic (exact) mass is 488 g/mol. The number of fused-ring (bicyclic) bond motifs is 1. The Labute approximate surface area is 204 Å². The number of nitro benzene ring substituents is 1. The van der Waals surface area contributed by atoms with Gasteiger partial charge in [-0.3, -0.25) is 19.8 Å². The van der Waals surface area contributed by atoms with E-state index in [4.69, 9.17) is 4.98 Å². The van der Waals surface area contributed by atoms with Crippen molar-refractivity contribution in [2.75, 3.05) is 31.1 Å². The number of aromatic nitrogens is 1. The van der Waals surface area contributed by atoms with Gasteiger partial charge in [0.1, 0.15) is 0 Å². The average molecular weight is 489 g/mol. The second kappa shape index (κ2) is 11.9. The van der Waals surface area contributed by atoms with Gasteiger partial charge < -0.3 is 4.90 Å². The second-order valence-electron chi connectivity index (χ2n) is 7.62. The van der Waals surface area contributed by atoms with Crippen LogP contribution >= 0.6 is 23.7 Å². The van der Waals surface area contributed by atoms with Crippen LogP contribution in [0.3, 0.4) is 0 Å². The number of benzene rings is 2. The van der Waals surface area contributed by atoms with Crippen LogP contribution in [-0.2, 0) is 4.79 Å². The number of hydrogen-bond donors (Lipinski definition) is 0. The van der Waals surface area contributed by atoms with Crippen molar-refractivity contribution in [3.05, 3.63) is 69.3 Å². The highest BCUT2D eigenvalue weighted by molar-refractivity contribution is 7.22. The molecule has 0 aliphatic heterocycles. The van der Waals surface area contributed by atoms with Crippen LogP contribution in [0.15, 0.2) is 42.5 Å². The van der Waals surface area contributed by atoms with E-state index in [-0.39, 0.29) is 24.0 Å². The van der Waals surface area contributed by atoms with Crippen LogP contribution in [0, 0.1) is 24.0 Å². The first-order chi connectivity index (χ1) is 15.3. The fourth-order valence-corrected chi connectivity index (χ4v) is 4.69. The summed E-state index contributed by atoms with van der Waals surface area (Å²) < 4.78 is 1.07. The lowest BCUT2D eigenvalue weighted by atomic mass is 10.1. The molecular formula is C24H29ClN4O3S. The molecule has 2 aromatic carbocycles. The Kier molecular flexibility index (Phi) is 9.52. The van der Waals surface area contributed by atoms with E-state index in [1.165, 1.54) is 35.1 Å². The molecule has 33 heavy (non-hydrogen) atoms. The van der Waals surface area contributed by atoms with Crippen molar-refractivity contribution in [3.8, 4) is 0 Å². The largest absolute Gasteiger partial charge is 0.302 e. The summed E-state index contributed by atoms with van der Waals surface area (Å²) in [5, 5.41) is 11.5.